The van der Waals surface area contributed by atoms with E-state index in [0.717, 1.165) is 68.7 Å². The van der Waals surface area contributed by atoms with Gasteiger partial charge in [-0.3, -0.25) is 14.5 Å². The van der Waals surface area contributed by atoms with Crippen molar-refractivity contribution in [2.45, 2.75) is 32.7 Å². The van der Waals surface area contributed by atoms with Gasteiger partial charge in [0.05, 0.1) is 18.8 Å². The van der Waals surface area contributed by atoms with Crippen molar-refractivity contribution in [1.82, 2.24) is 14.8 Å². The summed E-state index contributed by atoms with van der Waals surface area (Å²) in [6.45, 7) is 9.43. The number of H-pyrrole nitrogens is 1. The van der Waals surface area contributed by atoms with Gasteiger partial charge in [0.2, 0.25) is 5.56 Å². The number of rotatable bonds is 3. The lowest BCUT2D eigenvalue weighted by Gasteiger charge is -2.41. The molecule has 0 unspecified atom stereocenters. The molecule has 2 aliphatic heterocycles. The van der Waals surface area contributed by atoms with Crippen LogP contribution in [0.1, 0.15) is 35.7 Å². The summed E-state index contributed by atoms with van der Waals surface area (Å²) >= 11 is 0. The third-order valence-electron chi connectivity index (χ3n) is 6.36. The summed E-state index contributed by atoms with van der Waals surface area (Å²) in [5.41, 5.74) is 2.08. The van der Waals surface area contributed by atoms with Crippen LogP contribution in [-0.2, 0) is 4.74 Å². The molecule has 6 nitrogen and oxygen atoms in total. The number of hydrogen-bond acceptors (Lipinski definition) is 4. The van der Waals surface area contributed by atoms with Gasteiger partial charge in [-0.1, -0.05) is 11.6 Å². The number of fused-ring (bicyclic) bond motifs is 1. The van der Waals surface area contributed by atoms with Crippen molar-refractivity contribution in [2.24, 2.45) is 5.92 Å². The predicted octanol–water partition coefficient (Wildman–Crippen LogP) is 2.41. The van der Waals surface area contributed by atoms with E-state index in [0.29, 0.717) is 17.5 Å². The number of ether oxygens (including phenoxy) is 1. The number of nitrogens with zero attached hydrogens (tertiary/aromatic N) is 2. The second-order valence-electron chi connectivity index (χ2n) is 8.11. The van der Waals surface area contributed by atoms with E-state index >= 15 is 0 Å². The molecule has 1 atom stereocenters. The minimum absolute atomic E-state index is 0.0285. The number of amides is 1. The van der Waals surface area contributed by atoms with Crippen LogP contribution in [0, 0.1) is 12.8 Å². The monoisotopic (exact) mass is 383 g/mol. The molecule has 1 aromatic carbocycles. The molecule has 3 heterocycles. The fraction of sp³-hybridized carbons (Fsp3) is 0.545. The molecule has 2 saturated heterocycles. The van der Waals surface area contributed by atoms with Crippen molar-refractivity contribution in [3.05, 3.63) is 45.7 Å². The van der Waals surface area contributed by atoms with Gasteiger partial charge in [0.15, 0.2) is 0 Å². The Labute approximate surface area is 165 Å². The van der Waals surface area contributed by atoms with Crippen LogP contribution in [0.15, 0.2) is 29.1 Å². The molecule has 2 aromatic rings. The van der Waals surface area contributed by atoms with Crippen LogP contribution in [0.3, 0.4) is 0 Å². The molecule has 1 amide bonds. The highest BCUT2D eigenvalue weighted by Gasteiger charge is 2.30. The first kappa shape index (κ1) is 19.2. The number of likely N-dealkylation sites (tertiary alicyclic amines) is 1. The Balaban J connectivity index is 1.48. The highest BCUT2D eigenvalue weighted by molar-refractivity contribution is 6.06. The Hall–Kier alpha value is -2.18. The molecule has 0 aliphatic carbocycles. The third-order valence-corrected chi connectivity index (χ3v) is 6.36. The Morgan fingerprint density at radius 3 is 2.57 bits per heavy atom. The van der Waals surface area contributed by atoms with Crippen molar-refractivity contribution in [3.63, 3.8) is 0 Å². The zero-order chi connectivity index (χ0) is 19.7. The van der Waals surface area contributed by atoms with Crippen LogP contribution in [-0.4, -0.2) is 66.1 Å². The maximum absolute atomic E-state index is 13.2. The van der Waals surface area contributed by atoms with Crippen molar-refractivity contribution in [2.75, 3.05) is 39.4 Å². The number of morpholine rings is 1. The Morgan fingerprint density at radius 1 is 1.14 bits per heavy atom. The first-order valence-electron chi connectivity index (χ1n) is 10.3. The first-order valence-corrected chi connectivity index (χ1v) is 10.3. The first-order chi connectivity index (χ1) is 13.5. The number of hydrogen-bond donors (Lipinski definition) is 1. The highest BCUT2D eigenvalue weighted by atomic mass is 16.5. The molecule has 0 radical (unpaired) electrons. The second kappa shape index (κ2) is 8.05. The van der Waals surface area contributed by atoms with E-state index < -0.39 is 0 Å². The lowest BCUT2D eigenvalue weighted by molar-refractivity contribution is -0.000939. The van der Waals surface area contributed by atoms with Crippen LogP contribution in [0.5, 0.6) is 0 Å². The number of carbonyl (C=O) groups excluding carboxylic acids is 1. The van der Waals surface area contributed by atoms with Crippen LogP contribution >= 0.6 is 0 Å². The van der Waals surface area contributed by atoms with Gasteiger partial charge < -0.3 is 14.6 Å². The molecule has 150 valence electrons. The topological polar surface area (TPSA) is 65.6 Å². The number of aromatic nitrogens is 1. The SMILES string of the molecule is Cc1ccc2[nH]c(=O)cc(C(=O)N3CCC([C@@H](C)N4CCOCC4)CC3)c2c1. The lowest BCUT2D eigenvalue weighted by Crippen LogP contribution is -2.49. The molecule has 2 fully saturated rings. The predicted molar refractivity (Wildman–Crippen MR) is 110 cm³/mol. The van der Waals surface area contributed by atoms with E-state index in [9.17, 15) is 9.59 Å². The van der Waals surface area contributed by atoms with Crippen LogP contribution < -0.4 is 5.56 Å². The quantitative estimate of drug-likeness (QED) is 0.884. The molecule has 0 spiro atoms. The lowest BCUT2D eigenvalue weighted by atomic mass is 9.89. The van der Waals surface area contributed by atoms with Gasteiger partial charge in [-0.05, 0) is 44.7 Å². The zero-order valence-corrected chi connectivity index (χ0v) is 16.7. The summed E-state index contributed by atoms with van der Waals surface area (Å²) in [7, 11) is 0. The number of aromatic amines is 1. The molecule has 28 heavy (non-hydrogen) atoms. The van der Waals surface area contributed by atoms with Gasteiger partial charge in [0.25, 0.3) is 5.91 Å². The number of pyridine rings is 1. The summed E-state index contributed by atoms with van der Waals surface area (Å²) in [6.07, 6.45) is 2.01. The maximum atomic E-state index is 13.2. The minimum atomic E-state index is -0.226. The standard InChI is InChI=1S/C22H29N3O3/c1-15-3-4-20-18(13-15)19(14-21(26)23-20)22(27)25-7-5-17(6-8-25)16(2)24-9-11-28-12-10-24/h3-4,13-14,16-17H,5-12H2,1-2H3,(H,23,26)/t16-/m1/s1. The van der Waals surface area contributed by atoms with Crippen LogP contribution in [0.4, 0.5) is 0 Å². The average Bonchev–Trinajstić information content (AvgIpc) is 2.73. The van der Waals surface area contributed by atoms with Gasteiger partial charge in [-0.15, -0.1) is 0 Å². The van der Waals surface area contributed by atoms with Gasteiger partial charge in [-0.25, -0.2) is 0 Å². The molecule has 0 bridgehead atoms. The smallest absolute Gasteiger partial charge is 0.254 e. The number of aryl methyl sites for hydroxylation is 1. The summed E-state index contributed by atoms with van der Waals surface area (Å²) in [6, 6.07) is 7.77. The van der Waals surface area contributed by atoms with Crippen molar-refractivity contribution >= 4 is 16.8 Å². The summed E-state index contributed by atoms with van der Waals surface area (Å²) in [4.78, 5) is 32.5. The largest absolute Gasteiger partial charge is 0.379 e. The third kappa shape index (κ3) is 3.84. The van der Waals surface area contributed by atoms with E-state index in [1.165, 1.54) is 6.07 Å². The van der Waals surface area contributed by atoms with Crippen LogP contribution in [0.2, 0.25) is 0 Å². The van der Waals surface area contributed by atoms with E-state index in [-0.39, 0.29) is 11.5 Å². The Kier molecular flexibility index (Phi) is 5.51. The summed E-state index contributed by atoms with van der Waals surface area (Å²) < 4.78 is 5.47. The normalized spacial score (nSPS) is 20.4. The zero-order valence-electron chi connectivity index (χ0n) is 16.7. The summed E-state index contributed by atoms with van der Waals surface area (Å²) in [5.74, 6) is 0.569. The number of benzene rings is 1. The van der Waals surface area contributed by atoms with E-state index in [4.69, 9.17) is 4.74 Å². The maximum Gasteiger partial charge on any atom is 0.254 e. The van der Waals surface area contributed by atoms with Gasteiger partial charge >= 0.3 is 0 Å². The fourth-order valence-electron chi connectivity index (χ4n) is 4.58. The van der Waals surface area contributed by atoms with E-state index in [1.54, 1.807) is 0 Å². The van der Waals surface area contributed by atoms with Crippen molar-refractivity contribution in [1.29, 1.82) is 0 Å². The summed E-state index contributed by atoms with van der Waals surface area (Å²) in [5, 5.41) is 0.827. The van der Waals surface area contributed by atoms with Gasteiger partial charge in [0.1, 0.15) is 0 Å². The van der Waals surface area contributed by atoms with E-state index in [2.05, 4.69) is 16.8 Å². The Bertz CT molecular complexity index is 909. The molecule has 6 heteroatoms. The molecular formula is C22H29N3O3. The molecule has 1 N–H and O–H groups in total. The molecule has 4 rings (SSSR count). The average molecular weight is 383 g/mol. The van der Waals surface area contributed by atoms with Gasteiger partial charge in [-0.2, -0.15) is 0 Å². The fourth-order valence-corrected chi connectivity index (χ4v) is 4.58. The highest BCUT2D eigenvalue weighted by Crippen LogP contribution is 2.26. The molecular weight excluding hydrogens is 354 g/mol. The minimum Gasteiger partial charge on any atom is -0.379 e. The van der Waals surface area contributed by atoms with E-state index in [1.807, 2.05) is 30.0 Å². The van der Waals surface area contributed by atoms with Crippen LogP contribution in [0.25, 0.3) is 10.9 Å². The van der Waals surface area contributed by atoms with Gasteiger partial charge in [0, 0.05) is 49.2 Å². The number of nitrogens with one attached hydrogen (secondary N) is 1. The molecule has 0 saturated carbocycles. The number of piperidine rings is 1. The second-order valence-corrected chi connectivity index (χ2v) is 8.11. The van der Waals surface area contributed by atoms with Crippen molar-refractivity contribution in [3.8, 4) is 0 Å². The molecule has 2 aliphatic rings. The number of carbonyl (C=O) groups is 1. The van der Waals surface area contributed by atoms with Crippen molar-refractivity contribution < 1.29 is 9.53 Å². The Morgan fingerprint density at radius 2 is 1.86 bits per heavy atom. The molecule has 1 aromatic heterocycles.